The highest BCUT2D eigenvalue weighted by atomic mass is 35.5. The second kappa shape index (κ2) is 15.1. The normalized spacial score (nSPS) is 12.1. The molecule has 0 fully saturated rings. The minimum absolute atomic E-state index is 0.0321. The van der Waals surface area contributed by atoms with E-state index in [0.29, 0.717) is 22.2 Å². The molecule has 0 aliphatic rings. The van der Waals surface area contributed by atoms with E-state index in [-0.39, 0.29) is 46.1 Å². The molecule has 0 heterocycles. The first-order valence-electron chi connectivity index (χ1n) is 13.7. The monoisotopic (exact) mass is 667 g/mol. The molecule has 3 aromatic rings. The van der Waals surface area contributed by atoms with E-state index in [1.54, 1.807) is 43.3 Å². The Bertz CT molecular complexity index is 1530. The Morgan fingerprint density at radius 2 is 1.60 bits per heavy atom. The third-order valence-corrected chi connectivity index (χ3v) is 9.48. The first kappa shape index (κ1) is 34.5. The fourth-order valence-corrected chi connectivity index (χ4v) is 6.50. The van der Waals surface area contributed by atoms with Crippen molar-refractivity contribution in [2.45, 2.75) is 51.6 Å². The molecule has 0 radical (unpaired) electrons. The maximum Gasteiger partial charge on any atom is 0.264 e. The highest BCUT2D eigenvalue weighted by Gasteiger charge is 2.35. The molecule has 8 nitrogen and oxygen atoms in total. The lowest BCUT2D eigenvalue weighted by Gasteiger charge is -2.34. The predicted octanol–water partition coefficient (Wildman–Crippen LogP) is 6.74. The summed E-state index contributed by atoms with van der Waals surface area (Å²) in [6.45, 7) is 7.14. The number of carbonyl (C=O) groups is 2. The van der Waals surface area contributed by atoms with Gasteiger partial charge in [-0.05, 0) is 61.7 Å². The van der Waals surface area contributed by atoms with E-state index in [2.05, 4.69) is 5.32 Å². The molecule has 0 saturated carbocycles. The number of nitrogens with zero attached hydrogens (tertiary/aromatic N) is 2. The van der Waals surface area contributed by atoms with Crippen LogP contribution in [0.4, 0.5) is 5.69 Å². The van der Waals surface area contributed by atoms with Crippen molar-refractivity contribution < 1.29 is 22.7 Å². The van der Waals surface area contributed by atoms with Crippen LogP contribution in [0.3, 0.4) is 0 Å². The van der Waals surface area contributed by atoms with Crippen LogP contribution in [-0.4, -0.2) is 51.4 Å². The van der Waals surface area contributed by atoms with E-state index in [4.69, 9.17) is 39.5 Å². The van der Waals surface area contributed by atoms with Gasteiger partial charge in [-0.25, -0.2) is 8.42 Å². The Morgan fingerprint density at radius 3 is 2.16 bits per heavy atom. The SMILES string of the molecule is CC[C@H](C(=O)NCC(C)C)N(Cc1c(Cl)cccc1Cl)C(=O)CN(c1cc(Cl)ccc1OC)S(=O)(=O)c1ccc(C)cc1. The lowest BCUT2D eigenvalue weighted by Crippen LogP contribution is -2.52. The van der Waals surface area contributed by atoms with Gasteiger partial charge in [0.1, 0.15) is 18.3 Å². The Kier molecular flexibility index (Phi) is 12.2. The summed E-state index contributed by atoms with van der Waals surface area (Å²) in [5.74, 6) is -0.661. The molecule has 0 saturated heterocycles. The Hall–Kier alpha value is -2.98. The molecule has 0 spiro atoms. The molecule has 1 atom stereocenters. The Labute approximate surface area is 268 Å². The minimum atomic E-state index is -4.32. The number of carbonyl (C=O) groups excluding carboxylic acids is 2. The highest BCUT2D eigenvalue weighted by Crippen LogP contribution is 2.35. The molecule has 43 heavy (non-hydrogen) atoms. The minimum Gasteiger partial charge on any atom is -0.495 e. The van der Waals surface area contributed by atoms with Crippen LogP contribution in [0.25, 0.3) is 0 Å². The number of sulfonamides is 1. The maximum atomic E-state index is 14.3. The van der Waals surface area contributed by atoms with Gasteiger partial charge in [0.2, 0.25) is 11.8 Å². The fraction of sp³-hybridized carbons (Fsp3) is 0.355. The number of nitrogens with one attached hydrogen (secondary N) is 1. The van der Waals surface area contributed by atoms with Crippen molar-refractivity contribution in [1.29, 1.82) is 0 Å². The number of benzene rings is 3. The molecular weight excluding hydrogens is 633 g/mol. The summed E-state index contributed by atoms with van der Waals surface area (Å²) >= 11 is 19.2. The lowest BCUT2D eigenvalue weighted by atomic mass is 10.1. The lowest BCUT2D eigenvalue weighted by molar-refractivity contribution is -0.140. The van der Waals surface area contributed by atoms with Crippen LogP contribution in [0.1, 0.15) is 38.3 Å². The molecule has 0 bridgehead atoms. The third-order valence-electron chi connectivity index (χ3n) is 6.76. The second-order valence-electron chi connectivity index (χ2n) is 10.4. The summed E-state index contributed by atoms with van der Waals surface area (Å²) in [4.78, 5) is 29.0. The molecule has 232 valence electrons. The number of hydrogen-bond acceptors (Lipinski definition) is 5. The van der Waals surface area contributed by atoms with E-state index >= 15 is 0 Å². The molecule has 12 heteroatoms. The van der Waals surface area contributed by atoms with Gasteiger partial charge < -0.3 is 15.0 Å². The van der Waals surface area contributed by atoms with E-state index in [0.717, 1.165) is 9.87 Å². The van der Waals surface area contributed by atoms with Crippen LogP contribution in [0.2, 0.25) is 15.1 Å². The highest BCUT2D eigenvalue weighted by molar-refractivity contribution is 7.92. The van der Waals surface area contributed by atoms with Crippen molar-refractivity contribution in [3.8, 4) is 5.75 Å². The number of aryl methyl sites for hydroxylation is 1. The van der Waals surface area contributed by atoms with E-state index in [1.807, 2.05) is 20.8 Å². The van der Waals surface area contributed by atoms with Crippen LogP contribution in [0, 0.1) is 12.8 Å². The molecule has 0 unspecified atom stereocenters. The number of anilines is 1. The van der Waals surface area contributed by atoms with Crippen LogP contribution < -0.4 is 14.4 Å². The van der Waals surface area contributed by atoms with Crippen LogP contribution in [0.15, 0.2) is 65.6 Å². The number of hydrogen-bond donors (Lipinski definition) is 1. The van der Waals surface area contributed by atoms with Gasteiger partial charge in [-0.1, -0.05) is 79.3 Å². The number of rotatable bonds is 13. The first-order valence-corrected chi connectivity index (χ1v) is 16.3. The largest absolute Gasteiger partial charge is 0.495 e. The molecular formula is C31H36Cl3N3O5S. The summed E-state index contributed by atoms with van der Waals surface area (Å²) in [6.07, 6.45) is 0.253. The summed E-state index contributed by atoms with van der Waals surface area (Å²) < 4.78 is 34.7. The molecule has 0 aliphatic heterocycles. The average molecular weight is 669 g/mol. The van der Waals surface area contributed by atoms with Crippen LogP contribution in [0.5, 0.6) is 5.75 Å². The molecule has 0 aliphatic carbocycles. The van der Waals surface area contributed by atoms with Gasteiger partial charge in [-0.2, -0.15) is 0 Å². The van der Waals surface area contributed by atoms with Crippen LogP contribution >= 0.6 is 34.8 Å². The fourth-order valence-electron chi connectivity index (χ4n) is 4.40. The summed E-state index contributed by atoms with van der Waals surface area (Å²) in [6, 6.07) is 14.8. The molecule has 3 aromatic carbocycles. The first-order chi connectivity index (χ1) is 20.3. The van der Waals surface area contributed by atoms with Gasteiger partial charge in [0.15, 0.2) is 0 Å². The van der Waals surface area contributed by atoms with Gasteiger partial charge in [0.25, 0.3) is 10.0 Å². The number of amides is 2. The predicted molar refractivity (Wildman–Crippen MR) is 173 cm³/mol. The van der Waals surface area contributed by atoms with Crippen molar-refractivity contribution in [1.82, 2.24) is 10.2 Å². The standard InChI is InChI=1S/C31H36Cl3N3O5S/c1-6-27(31(39)35-17-20(2)3)36(18-24-25(33)8-7-9-26(24)34)30(38)19-37(28-16-22(32)12-15-29(28)42-5)43(40,41)23-13-10-21(4)11-14-23/h7-16,20,27H,6,17-19H2,1-5H3,(H,35,39)/t27-/m1/s1. The quantitative estimate of drug-likeness (QED) is 0.218. The zero-order valence-corrected chi connectivity index (χ0v) is 27.8. The molecule has 2 amide bonds. The number of methoxy groups -OCH3 is 1. The Balaban J connectivity index is 2.16. The van der Waals surface area contributed by atoms with Gasteiger partial charge in [0.05, 0.1) is 17.7 Å². The molecule has 0 aromatic heterocycles. The topological polar surface area (TPSA) is 96.0 Å². The Morgan fingerprint density at radius 1 is 0.977 bits per heavy atom. The van der Waals surface area contributed by atoms with Gasteiger partial charge in [0, 0.05) is 33.7 Å². The third kappa shape index (κ3) is 8.56. The van der Waals surface area contributed by atoms with Gasteiger partial charge in [-0.15, -0.1) is 0 Å². The van der Waals surface area contributed by atoms with Crippen molar-refractivity contribution in [3.05, 3.63) is 86.9 Å². The zero-order chi connectivity index (χ0) is 31.9. The van der Waals surface area contributed by atoms with Crippen molar-refractivity contribution in [2.75, 3.05) is 24.5 Å². The van der Waals surface area contributed by atoms with Crippen molar-refractivity contribution in [2.24, 2.45) is 5.92 Å². The maximum absolute atomic E-state index is 14.3. The number of ether oxygens (including phenoxy) is 1. The molecule has 1 N–H and O–H groups in total. The zero-order valence-electron chi connectivity index (χ0n) is 24.7. The summed E-state index contributed by atoms with van der Waals surface area (Å²) in [5, 5.41) is 3.75. The smallest absolute Gasteiger partial charge is 0.264 e. The van der Waals surface area contributed by atoms with E-state index in [9.17, 15) is 18.0 Å². The summed E-state index contributed by atoms with van der Waals surface area (Å²) in [5.41, 5.74) is 1.36. The second-order valence-corrected chi connectivity index (χ2v) is 13.5. The van der Waals surface area contributed by atoms with Gasteiger partial charge >= 0.3 is 0 Å². The van der Waals surface area contributed by atoms with Gasteiger partial charge in [-0.3, -0.25) is 13.9 Å². The number of halogens is 3. The summed E-state index contributed by atoms with van der Waals surface area (Å²) in [7, 11) is -2.93. The molecule has 3 rings (SSSR count). The van der Waals surface area contributed by atoms with Crippen LogP contribution in [-0.2, 0) is 26.2 Å². The average Bonchev–Trinajstić information content (AvgIpc) is 2.96. The van der Waals surface area contributed by atoms with Crippen molar-refractivity contribution in [3.63, 3.8) is 0 Å². The van der Waals surface area contributed by atoms with E-state index < -0.39 is 28.5 Å². The van der Waals surface area contributed by atoms with E-state index in [1.165, 1.54) is 36.3 Å². The van der Waals surface area contributed by atoms with Crippen molar-refractivity contribution >= 4 is 62.3 Å².